The second-order valence-corrected chi connectivity index (χ2v) is 5.56. The molecule has 0 aromatic carbocycles. The third-order valence-electron chi connectivity index (χ3n) is 3.65. The quantitative estimate of drug-likeness (QED) is 0.662. The second-order valence-electron chi connectivity index (χ2n) is 4.55. The van der Waals surface area contributed by atoms with E-state index in [0.717, 1.165) is 18.2 Å². The first-order chi connectivity index (χ1) is 7.84. The molecule has 16 heavy (non-hydrogen) atoms. The predicted molar refractivity (Wildman–Crippen MR) is 65.9 cm³/mol. The fourth-order valence-electron chi connectivity index (χ4n) is 2.87. The molecule has 4 aliphatic heterocycles. The molecular formula is C12H13N3S. The van der Waals surface area contributed by atoms with Crippen molar-refractivity contribution in [2.24, 2.45) is 11.7 Å². The van der Waals surface area contributed by atoms with E-state index in [9.17, 15) is 0 Å². The van der Waals surface area contributed by atoms with Crippen LogP contribution < -0.4 is 11.1 Å². The topological polar surface area (TPSA) is 41.3 Å². The zero-order chi connectivity index (χ0) is 10.7. The van der Waals surface area contributed by atoms with Crippen molar-refractivity contribution in [3.05, 3.63) is 46.0 Å². The van der Waals surface area contributed by atoms with Gasteiger partial charge in [0.1, 0.15) is 0 Å². The minimum absolute atomic E-state index is 0.763. The van der Waals surface area contributed by atoms with Gasteiger partial charge in [0.25, 0.3) is 0 Å². The average Bonchev–Trinajstić information content (AvgIpc) is 2.55. The van der Waals surface area contributed by atoms with Crippen molar-refractivity contribution in [1.29, 1.82) is 0 Å². The van der Waals surface area contributed by atoms with E-state index in [-0.39, 0.29) is 0 Å². The van der Waals surface area contributed by atoms with Crippen molar-refractivity contribution in [1.82, 2.24) is 10.2 Å². The smallest absolute Gasteiger partial charge is 0.0887 e. The van der Waals surface area contributed by atoms with Crippen LogP contribution >= 0.6 is 11.8 Å². The Balaban J connectivity index is 1.94. The molecule has 0 aliphatic carbocycles. The van der Waals surface area contributed by atoms with E-state index in [0.29, 0.717) is 0 Å². The Morgan fingerprint density at radius 2 is 2.44 bits per heavy atom. The second kappa shape index (κ2) is 2.88. The summed E-state index contributed by atoms with van der Waals surface area (Å²) in [6, 6.07) is 0. The van der Waals surface area contributed by atoms with Gasteiger partial charge in [-0.2, -0.15) is 0 Å². The molecule has 0 aromatic rings. The zero-order valence-corrected chi connectivity index (χ0v) is 9.68. The predicted octanol–water partition coefficient (Wildman–Crippen LogP) is 1.45. The lowest BCUT2D eigenvalue weighted by Gasteiger charge is -2.38. The number of nitrogens with zero attached hydrogens (tertiary/aromatic N) is 1. The largest absolute Gasteiger partial charge is 0.397 e. The Morgan fingerprint density at radius 1 is 1.50 bits per heavy atom. The van der Waals surface area contributed by atoms with Crippen LogP contribution in [-0.2, 0) is 0 Å². The van der Waals surface area contributed by atoms with Crippen LogP contribution in [0.15, 0.2) is 46.0 Å². The number of nitrogens with two attached hydrogens (primary N) is 1. The fraction of sp³-hybridized carbons (Fsp3) is 0.333. The number of thioether (sulfide) groups is 1. The Morgan fingerprint density at radius 3 is 3.38 bits per heavy atom. The molecule has 1 unspecified atom stereocenters. The van der Waals surface area contributed by atoms with E-state index in [2.05, 4.69) is 16.3 Å². The fourth-order valence-corrected chi connectivity index (χ4v) is 4.31. The minimum atomic E-state index is 0.763. The Hall–Kier alpha value is -1.29. The van der Waals surface area contributed by atoms with Gasteiger partial charge in [-0.1, -0.05) is 0 Å². The van der Waals surface area contributed by atoms with Crippen LogP contribution in [0, 0.1) is 5.92 Å². The molecule has 0 spiro atoms. The highest BCUT2D eigenvalue weighted by Crippen LogP contribution is 2.49. The maximum absolute atomic E-state index is 6.09. The number of hydrogen-bond donors (Lipinski definition) is 2. The molecule has 0 fully saturated rings. The van der Waals surface area contributed by atoms with Crippen molar-refractivity contribution >= 4 is 11.8 Å². The maximum Gasteiger partial charge on any atom is 0.0887 e. The van der Waals surface area contributed by atoms with E-state index < -0.39 is 0 Å². The molecule has 3 nitrogen and oxygen atoms in total. The van der Waals surface area contributed by atoms with Crippen LogP contribution in [0.3, 0.4) is 0 Å². The summed E-state index contributed by atoms with van der Waals surface area (Å²) in [5, 5.41) is 4.75. The number of fused-ring (bicyclic) bond motifs is 2. The number of dihydropyridines is 1. The van der Waals surface area contributed by atoms with E-state index in [4.69, 9.17) is 5.73 Å². The van der Waals surface area contributed by atoms with Gasteiger partial charge in [-0.3, -0.25) is 0 Å². The van der Waals surface area contributed by atoms with Gasteiger partial charge in [-0.05, 0) is 30.1 Å². The van der Waals surface area contributed by atoms with Gasteiger partial charge in [0.2, 0.25) is 0 Å². The van der Waals surface area contributed by atoms with Crippen molar-refractivity contribution in [2.45, 2.75) is 6.42 Å². The van der Waals surface area contributed by atoms with E-state index >= 15 is 0 Å². The Labute approximate surface area is 98.7 Å². The van der Waals surface area contributed by atoms with Crippen molar-refractivity contribution < 1.29 is 0 Å². The molecule has 4 bridgehead atoms. The van der Waals surface area contributed by atoms with Gasteiger partial charge in [-0.25, -0.2) is 0 Å². The van der Waals surface area contributed by atoms with Gasteiger partial charge in [0.15, 0.2) is 0 Å². The Bertz CT molecular complexity index is 498. The molecule has 0 saturated carbocycles. The summed E-state index contributed by atoms with van der Waals surface area (Å²) in [5.74, 6) is 2.00. The van der Waals surface area contributed by atoms with Crippen LogP contribution in [0.5, 0.6) is 0 Å². The lowest BCUT2D eigenvalue weighted by Crippen LogP contribution is -2.36. The van der Waals surface area contributed by atoms with Crippen LogP contribution in [0.2, 0.25) is 0 Å². The summed E-state index contributed by atoms with van der Waals surface area (Å²) in [5.41, 5.74) is 10.8. The Kier molecular flexibility index (Phi) is 1.59. The normalized spacial score (nSPS) is 30.4. The highest BCUT2D eigenvalue weighted by molar-refractivity contribution is 8.03. The lowest BCUT2D eigenvalue weighted by atomic mass is 9.90. The van der Waals surface area contributed by atoms with Crippen molar-refractivity contribution in [3.63, 3.8) is 0 Å². The summed E-state index contributed by atoms with van der Waals surface area (Å²) in [6.07, 6.45) is 7.43. The highest BCUT2D eigenvalue weighted by Gasteiger charge is 2.39. The minimum Gasteiger partial charge on any atom is -0.397 e. The number of allylic oxidation sites excluding steroid dienone is 3. The van der Waals surface area contributed by atoms with E-state index in [1.807, 2.05) is 24.0 Å². The third kappa shape index (κ3) is 0.955. The first kappa shape index (κ1) is 8.82. The standard InChI is InChI=1S/C12H13N3S/c13-9-1-3-14-10-5-8-7-2-4-15(11(9)10)12(8)16-6-7/h1,3,5,7,14H,2,4,6,13H2. The third-order valence-corrected chi connectivity index (χ3v) is 4.95. The molecule has 0 saturated heterocycles. The molecule has 0 amide bonds. The molecule has 82 valence electrons. The first-order valence-corrected chi connectivity index (χ1v) is 6.62. The van der Waals surface area contributed by atoms with Crippen LogP contribution in [0.25, 0.3) is 0 Å². The van der Waals surface area contributed by atoms with Gasteiger partial charge >= 0.3 is 0 Å². The van der Waals surface area contributed by atoms with E-state index in [1.54, 1.807) is 0 Å². The number of nitrogens with one attached hydrogen (secondary N) is 1. The molecule has 4 heterocycles. The van der Waals surface area contributed by atoms with Gasteiger partial charge in [-0.15, -0.1) is 11.8 Å². The molecule has 4 aliphatic rings. The SMILES string of the molecule is NC1=C2C(=CC3=C4SCC3CCN42)NC=C1. The van der Waals surface area contributed by atoms with Crippen LogP contribution in [-0.4, -0.2) is 17.2 Å². The molecular weight excluding hydrogens is 218 g/mol. The van der Waals surface area contributed by atoms with Crippen molar-refractivity contribution in [2.75, 3.05) is 12.3 Å². The zero-order valence-electron chi connectivity index (χ0n) is 8.86. The number of hydrogen-bond acceptors (Lipinski definition) is 4. The monoisotopic (exact) mass is 231 g/mol. The number of rotatable bonds is 0. The molecule has 4 heteroatoms. The molecule has 3 N–H and O–H groups in total. The summed E-state index contributed by atoms with van der Waals surface area (Å²) < 4.78 is 0. The van der Waals surface area contributed by atoms with Gasteiger partial charge in [0, 0.05) is 18.5 Å². The molecule has 0 aromatic heterocycles. The highest BCUT2D eigenvalue weighted by atomic mass is 32.2. The van der Waals surface area contributed by atoms with Gasteiger partial charge in [0.05, 0.1) is 22.1 Å². The average molecular weight is 231 g/mol. The molecule has 4 rings (SSSR count). The lowest BCUT2D eigenvalue weighted by molar-refractivity contribution is 0.378. The first-order valence-electron chi connectivity index (χ1n) is 5.64. The van der Waals surface area contributed by atoms with Crippen molar-refractivity contribution in [3.8, 4) is 0 Å². The van der Waals surface area contributed by atoms with E-state index in [1.165, 1.54) is 34.2 Å². The summed E-state index contributed by atoms with van der Waals surface area (Å²) in [6.45, 7) is 1.11. The van der Waals surface area contributed by atoms with Gasteiger partial charge < -0.3 is 16.0 Å². The summed E-state index contributed by atoms with van der Waals surface area (Å²) >= 11 is 1.98. The summed E-state index contributed by atoms with van der Waals surface area (Å²) in [7, 11) is 0. The van der Waals surface area contributed by atoms with Crippen LogP contribution in [0.1, 0.15) is 6.42 Å². The maximum atomic E-state index is 6.09. The molecule has 0 radical (unpaired) electrons. The summed E-state index contributed by atoms with van der Waals surface area (Å²) in [4.78, 5) is 2.39. The molecule has 1 atom stereocenters. The van der Waals surface area contributed by atoms with Crippen LogP contribution in [0.4, 0.5) is 0 Å².